The number of rotatable bonds is 4. The molecular formula is C14H22N2O4S. The SMILES string of the molecule is Cc1noc(C)c1CS(=O)(=O)C(C)C(=O)N1CCCCC1. The van der Waals surface area contributed by atoms with Crippen molar-refractivity contribution in [3.63, 3.8) is 0 Å². The molecule has 2 rings (SSSR count). The van der Waals surface area contributed by atoms with E-state index in [2.05, 4.69) is 5.16 Å². The molecule has 1 aliphatic heterocycles. The highest BCUT2D eigenvalue weighted by Crippen LogP contribution is 2.20. The Hall–Kier alpha value is -1.37. The molecule has 1 atom stereocenters. The van der Waals surface area contributed by atoms with Gasteiger partial charge in [-0.05, 0) is 40.0 Å². The molecule has 1 amide bonds. The first-order valence-electron chi connectivity index (χ1n) is 7.25. The van der Waals surface area contributed by atoms with Gasteiger partial charge in [0.05, 0.1) is 11.4 Å². The van der Waals surface area contributed by atoms with E-state index >= 15 is 0 Å². The van der Waals surface area contributed by atoms with Crippen LogP contribution < -0.4 is 0 Å². The molecule has 2 heterocycles. The molecule has 1 aromatic rings. The summed E-state index contributed by atoms with van der Waals surface area (Å²) in [6.07, 6.45) is 2.99. The van der Waals surface area contributed by atoms with Crippen molar-refractivity contribution in [3.8, 4) is 0 Å². The Bertz CT molecular complexity index is 595. The second-order valence-electron chi connectivity index (χ2n) is 5.64. The molecule has 0 aromatic carbocycles. The fourth-order valence-corrected chi connectivity index (χ4v) is 4.08. The van der Waals surface area contributed by atoms with Crippen molar-refractivity contribution < 1.29 is 17.7 Å². The van der Waals surface area contributed by atoms with Gasteiger partial charge in [-0.2, -0.15) is 0 Å². The van der Waals surface area contributed by atoms with Gasteiger partial charge in [-0.1, -0.05) is 5.16 Å². The van der Waals surface area contributed by atoms with E-state index in [1.54, 1.807) is 18.7 Å². The number of carbonyl (C=O) groups is 1. The number of hydrogen-bond acceptors (Lipinski definition) is 5. The Kier molecular flexibility index (Phi) is 4.70. The first-order valence-corrected chi connectivity index (χ1v) is 8.96. The average molecular weight is 314 g/mol. The summed E-state index contributed by atoms with van der Waals surface area (Å²) in [5.41, 5.74) is 1.13. The molecule has 0 spiro atoms. The van der Waals surface area contributed by atoms with Crippen LogP contribution >= 0.6 is 0 Å². The van der Waals surface area contributed by atoms with Crippen molar-refractivity contribution in [2.45, 2.75) is 51.0 Å². The van der Waals surface area contributed by atoms with Crippen LogP contribution in [0.2, 0.25) is 0 Å². The maximum atomic E-state index is 12.5. The first-order chi connectivity index (χ1) is 9.83. The highest BCUT2D eigenvalue weighted by atomic mass is 32.2. The van der Waals surface area contributed by atoms with Gasteiger partial charge in [0.25, 0.3) is 0 Å². The zero-order chi connectivity index (χ0) is 15.6. The van der Waals surface area contributed by atoms with Crippen LogP contribution in [0.4, 0.5) is 0 Å². The van der Waals surface area contributed by atoms with E-state index in [0.29, 0.717) is 30.1 Å². The van der Waals surface area contributed by atoms with E-state index in [-0.39, 0.29) is 11.7 Å². The lowest BCUT2D eigenvalue weighted by Gasteiger charge is -2.29. The number of piperidine rings is 1. The predicted molar refractivity (Wildman–Crippen MR) is 78.5 cm³/mol. The summed E-state index contributed by atoms with van der Waals surface area (Å²) in [7, 11) is -3.57. The highest BCUT2D eigenvalue weighted by Gasteiger charge is 2.33. The van der Waals surface area contributed by atoms with Gasteiger partial charge in [0.2, 0.25) is 5.91 Å². The maximum absolute atomic E-state index is 12.5. The molecular weight excluding hydrogens is 292 g/mol. The van der Waals surface area contributed by atoms with Gasteiger partial charge in [-0.25, -0.2) is 8.42 Å². The lowest BCUT2D eigenvalue weighted by Crippen LogP contribution is -2.44. The maximum Gasteiger partial charge on any atom is 0.240 e. The number of sulfone groups is 1. The summed E-state index contributed by atoms with van der Waals surface area (Å²) in [6.45, 7) is 6.18. The normalized spacial score (nSPS) is 17.8. The Labute approximate surface area is 125 Å². The Balaban J connectivity index is 2.13. The van der Waals surface area contributed by atoms with Crippen LogP contribution in [-0.2, 0) is 20.4 Å². The van der Waals surface area contributed by atoms with Crippen molar-refractivity contribution in [3.05, 3.63) is 17.0 Å². The van der Waals surface area contributed by atoms with Crippen LogP contribution in [0.3, 0.4) is 0 Å². The van der Waals surface area contributed by atoms with Crippen LogP contribution in [-0.4, -0.2) is 42.7 Å². The second-order valence-corrected chi connectivity index (χ2v) is 7.96. The van der Waals surface area contributed by atoms with E-state index < -0.39 is 15.1 Å². The molecule has 0 saturated carbocycles. The molecule has 0 bridgehead atoms. The molecule has 1 unspecified atom stereocenters. The zero-order valence-electron chi connectivity index (χ0n) is 12.8. The largest absolute Gasteiger partial charge is 0.361 e. The number of likely N-dealkylation sites (tertiary alicyclic amines) is 1. The molecule has 6 nitrogen and oxygen atoms in total. The van der Waals surface area contributed by atoms with Gasteiger partial charge in [0, 0.05) is 18.7 Å². The fraction of sp³-hybridized carbons (Fsp3) is 0.714. The molecule has 0 N–H and O–H groups in total. The Morgan fingerprint density at radius 3 is 2.43 bits per heavy atom. The number of carbonyl (C=O) groups excluding carboxylic acids is 1. The number of nitrogens with zero attached hydrogens (tertiary/aromatic N) is 2. The third-order valence-corrected chi connectivity index (χ3v) is 6.05. The summed E-state index contributed by atoms with van der Waals surface area (Å²) in [4.78, 5) is 14.0. The molecule has 118 valence electrons. The summed E-state index contributed by atoms with van der Waals surface area (Å²) in [5, 5.41) is 2.74. The molecule has 21 heavy (non-hydrogen) atoms. The lowest BCUT2D eigenvalue weighted by molar-refractivity contribution is -0.131. The highest BCUT2D eigenvalue weighted by molar-refractivity contribution is 7.92. The minimum absolute atomic E-state index is 0.199. The van der Waals surface area contributed by atoms with Crippen molar-refractivity contribution in [2.75, 3.05) is 13.1 Å². The smallest absolute Gasteiger partial charge is 0.240 e. The van der Waals surface area contributed by atoms with E-state index in [1.165, 1.54) is 6.92 Å². The van der Waals surface area contributed by atoms with E-state index in [4.69, 9.17) is 4.52 Å². The third kappa shape index (κ3) is 3.45. The number of amides is 1. The van der Waals surface area contributed by atoms with Gasteiger partial charge in [-0.3, -0.25) is 4.79 Å². The molecule has 1 fully saturated rings. The quantitative estimate of drug-likeness (QED) is 0.843. The standard InChI is InChI=1S/C14H22N2O4S/c1-10-13(11(2)20-15-10)9-21(18,19)12(3)14(17)16-7-5-4-6-8-16/h12H,4-9H2,1-3H3. The molecule has 1 saturated heterocycles. The summed E-state index contributed by atoms with van der Waals surface area (Å²) in [6, 6.07) is 0. The molecule has 7 heteroatoms. The molecule has 1 aliphatic rings. The van der Waals surface area contributed by atoms with Crippen molar-refractivity contribution in [2.24, 2.45) is 0 Å². The van der Waals surface area contributed by atoms with Crippen LogP contribution in [0, 0.1) is 13.8 Å². The van der Waals surface area contributed by atoms with Gasteiger partial charge in [-0.15, -0.1) is 0 Å². The summed E-state index contributed by atoms with van der Waals surface area (Å²) >= 11 is 0. The van der Waals surface area contributed by atoms with Crippen molar-refractivity contribution >= 4 is 15.7 Å². The zero-order valence-corrected chi connectivity index (χ0v) is 13.6. The van der Waals surface area contributed by atoms with Crippen LogP contribution in [0.15, 0.2) is 4.52 Å². The average Bonchev–Trinajstić information content (AvgIpc) is 2.78. The minimum Gasteiger partial charge on any atom is -0.361 e. The number of aromatic nitrogens is 1. The van der Waals surface area contributed by atoms with Gasteiger partial charge < -0.3 is 9.42 Å². The van der Waals surface area contributed by atoms with Crippen LogP contribution in [0.5, 0.6) is 0 Å². The predicted octanol–water partition coefficient (Wildman–Crippen LogP) is 1.61. The minimum atomic E-state index is -3.57. The van der Waals surface area contributed by atoms with Gasteiger partial charge >= 0.3 is 0 Å². The van der Waals surface area contributed by atoms with Crippen molar-refractivity contribution in [1.82, 2.24) is 10.1 Å². The van der Waals surface area contributed by atoms with E-state index in [1.807, 2.05) is 0 Å². The Morgan fingerprint density at radius 1 is 1.29 bits per heavy atom. The van der Waals surface area contributed by atoms with Crippen molar-refractivity contribution in [1.29, 1.82) is 0 Å². The monoisotopic (exact) mass is 314 g/mol. The van der Waals surface area contributed by atoms with E-state index in [0.717, 1.165) is 19.3 Å². The Morgan fingerprint density at radius 2 is 1.90 bits per heavy atom. The number of hydrogen-bond donors (Lipinski definition) is 0. The summed E-state index contributed by atoms with van der Waals surface area (Å²) in [5.74, 6) is 0.00436. The molecule has 0 radical (unpaired) electrons. The third-order valence-electron chi connectivity index (χ3n) is 4.08. The van der Waals surface area contributed by atoms with E-state index in [9.17, 15) is 13.2 Å². The van der Waals surface area contributed by atoms with Gasteiger partial charge in [0.1, 0.15) is 11.0 Å². The number of aryl methyl sites for hydroxylation is 2. The summed E-state index contributed by atoms with van der Waals surface area (Å²) < 4.78 is 29.9. The molecule has 1 aromatic heterocycles. The topological polar surface area (TPSA) is 80.5 Å². The lowest BCUT2D eigenvalue weighted by atomic mass is 10.1. The van der Waals surface area contributed by atoms with Crippen LogP contribution in [0.1, 0.15) is 43.2 Å². The van der Waals surface area contributed by atoms with Crippen LogP contribution in [0.25, 0.3) is 0 Å². The second kappa shape index (κ2) is 6.17. The first kappa shape index (κ1) is 16.0. The van der Waals surface area contributed by atoms with Gasteiger partial charge in [0.15, 0.2) is 9.84 Å². The molecule has 0 aliphatic carbocycles. The fourth-order valence-electron chi connectivity index (χ4n) is 2.56.